The average molecular weight is 438 g/mol. The summed E-state index contributed by atoms with van der Waals surface area (Å²) in [5.41, 5.74) is 10.0. The van der Waals surface area contributed by atoms with Gasteiger partial charge in [-0.25, -0.2) is 14.2 Å². The Hall–Kier alpha value is -3.59. The van der Waals surface area contributed by atoms with Gasteiger partial charge in [-0.1, -0.05) is 12.1 Å². The number of carboxylic acids is 1. The second kappa shape index (κ2) is 8.65. The summed E-state index contributed by atoms with van der Waals surface area (Å²) in [6.07, 6.45) is 6.08. The van der Waals surface area contributed by atoms with Crippen LogP contribution in [0.5, 0.6) is 0 Å². The van der Waals surface area contributed by atoms with E-state index in [1.807, 2.05) is 12.1 Å². The highest BCUT2D eigenvalue weighted by molar-refractivity contribution is 7.80. The first-order valence-electron chi connectivity index (χ1n) is 9.66. The van der Waals surface area contributed by atoms with E-state index in [-0.39, 0.29) is 22.5 Å². The molecule has 0 fully saturated rings. The highest BCUT2D eigenvalue weighted by atomic mass is 32.1. The van der Waals surface area contributed by atoms with E-state index in [0.717, 1.165) is 16.7 Å². The number of benzene rings is 1. The molecule has 0 bridgehead atoms. The van der Waals surface area contributed by atoms with E-state index in [4.69, 9.17) is 17.3 Å². The van der Waals surface area contributed by atoms with Crippen LogP contribution in [0.1, 0.15) is 44.2 Å². The second-order valence-corrected chi connectivity index (χ2v) is 7.64. The molecule has 0 spiro atoms. The Morgan fingerprint density at radius 1 is 1.23 bits per heavy atom. The van der Waals surface area contributed by atoms with Gasteiger partial charge >= 0.3 is 5.97 Å². The summed E-state index contributed by atoms with van der Waals surface area (Å²) >= 11 is 5.46. The third-order valence-corrected chi connectivity index (χ3v) is 5.48. The summed E-state index contributed by atoms with van der Waals surface area (Å²) in [6, 6.07) is 8.14. The molecule has 1 aliphatic rings. The van der Waals surface area contributed by atoms with E-state index in [2.05, 4.69) is 26.1 Å². The molecule has 0 aliphatic heterocycles. The highest BCUT2D eigenvalue weighted by Crippen LogP contribution is 2.33. The number of nitrogens with one attached hydrogen (secondary N) is 3. The van der Waals surface area contributed by atoms with E-state index in [1.54, 1.807) is 25.4 Å². The van der Waals surface area contributed by atoms with E-state index in [1.165, 1.54) is 18.3 Å². The summed E-state index contributed by atoms with van der Waals surface area (Å²) in [5.74, 6) is -0.831. The van der Waals surface area contributed by atoms with Gasteiger partial charge in [0.05, 0.1) is 11.6 Å². The smallest absolute Gasteiger partial charge is 0.337 e. The van der Waals surface area contributed by atoms with Gasteiger partial charge in [0.2, 0.25) is 0 Å². The van der Waals surface area contributed by atoms with Crippen LogP contribution in [0, 0.1) is 12.7 Å². The number of hydrazine groups is 1. The molecule has 0 saturated heterocycles. The fourth-order valence-corrected chi connectivity index (χ4v) is 3.89. The fraction of sp³-hybridized carbons (Fsp3) is 0.182. The standard InChI is InChI=1S/C22H20FN5O2S/c1-12-9-14(21(29)30)10-25-20(12)27-28-22(31)26-19-16-3-2-4-18(23)15(16)6-5-13-7-8-24-11-17(13)19/h2-4,7-11,19H,5-6H2,1H3,(H,25,27)(H,29,30)(H2,26,28,31). The van der Waals surface area contributed by atoms with Crippen molar-refractivity contribution in [2.75, 3.05) is 5.43 Å². The van der Waals surface area contributed by atoms with Gasteiger partial charge in [0.15, 0.2) is 5.11 Å². The van der Waals surface area contributed by atoms with Crippen LogP contribution in [0.15, 0.2) is 48.9 Å². The largest absolute Gasteiger partial charge is 0.478 e. The Morgan fingerprint density at radius 3 is 2.84 bits per heavy atom. The number of fused-ring (bicyclic) bond motifs is 2. The number of carboxylic acid groups (broad SMARTS) is 1. The van der Waals surface area contributed by atoms with Gasteiger partial charge < -0.3 is 10.4 Å². The molecular weight excluding hydrogens is 417 g/mol. The first-order valence-corrected chi connectivity index (χ1v) is 10.1. The monoisotopic (exact) mass is 437 g/mol. The van der Waals surface area contributed by atoms with Crippen LogP contribution in [-0.2, 0) is 12.8 Å². The Kier molecular flexibility index (Phi) is 5.77. The molecule has 31 heavy (non-hydrogen) atoms. The Labute approximate surface area is 183 Å². The minimum absolute atomic E-state index is 0.102. The highest BCUT2D eigenvalue weighted by Gasteiger charge is 2.26. The lowest BCUT2D eigenvalue weighted by molar-refractivity contribution is 0.0696. The normalized spacial score (nSPS) is 14.6. The summed E-state index contributed by atoms with van der Waals surface area (Å²) < 4.78 is 14.5. The number of thiocarbonyl (C=S) groups is 1. The molecule has 9 heteroatoms. The van der Waals surface area contributed by atoms with Crippen LogP contribution in [0.3, 0.4) is 0 Å². The van der Waals surface area contributed by atoms with Crippen molar-refractivity contribution >= 4 is 29.1 Å². The number of carbonyl (C=O) groups is 1. The van der Waals surface area contributed by atoms with Crippen molar-refractivity contribution in [3.63, 3.8) is 0 Å². The number of aromatic nitrogens is 2. The number of anilines is 1. The molecule has 7 nitrogen and oxygen atoms in total. The van der Waals surface area contributed by atoms with Crippen molar-refractivity contribution in [3.05, 3.63) is 88.1 Å². The van der Waals surface area contributed by atoms with Gasteiger partial charge in [0.25, 0.3) is 0 Å². The summed E-state index contributed by atoms with van der Waals surface area (Å²) in [7, 11) is 0. The van der Waals surface area contributed by atoms with Crippen molar-refractivity contribution in [2.45, 2.75) is 25.8 Å². The zero-order valence-corrected chi connectivity index (χ0v) is 17.5. The Bertz CT molecular complexity index is 1170. The molecule has 3 aromatic rings. The number of hydrogen-bond acceptors (Lipinski definition) is 5. The minimum atomic E-state index is -1.04. The summed E-state index contributed by atoms with van der Waals surface area (Å²) in [4.78, 5) is 19.4. The first kappa shape index (κ1) is 20.7. The molecule has 2 aromatic heterocycles. The number of pyridine rings is 2. The summed E-state index contributed by atoms with van der Waals surface area (Å²) in [6.45, 7) is 1.74. The molecule has 158 valence electrons. The average Bonchev–Trinajstić information content (AvgIpc) is 2.91. The van der Waals surface area contributed by atoms with Gasteiger partial charge in [-0.3, -0.25) is 15.8 Å². The van der Waals surface area contributed by atoms with Crippen LogP contribution < -0.4 is 16.2 Å². The van der Waals surface area contributed by atoms with Gasteiger partial charge in [0, 0.05) is 24.2 Å². The van der Waals surface area contributed by atoms with Gasteiger partial charge in [0.1, 0.15) is 11.6 Å². The second-order valence-electron chi connectivity index (χ2n) is 7.23. The van der Waals surface area contributed by atoms with Crippen molar-refractivity contribution in [2.24, 2.45) is 0 Å². The number of hydrogen-bond donors (Lipinski definition) is 4. The molecule has 0 radical (unpaired) electrons. The third-order valence-electron chi connectivity index (χ3n) is 5.26. The van der Waals surface area contributed by atoms with Crippen LogP contribution in [0.4, 0.5) is 10.2 Å². The van der Waals surface area contributed by atoms with Crippen molar-refractivity contribution in [3.8, 4) is 0 Å². The number of aromatic carboxylic acids is 1. The van der Waals surface area contributed by atoms with Crippen LogP contribution in [-0.4, -0.2) is 26.2 Å². The number of aryl methyl sites for hydroxylation is 2. The van der Waals surface area contributed by atoms with Crippen molar-refractivity contribution < 1.29 is 14.3 Å². The fourth-order valence-electron chi connectivity index (χ4n) is 3.72. The van der Waals surface area contributed by atoms with Gasteiger partial charge in [-0.05, 0) is 72.4 Å². The number of nitrogens with zero attached hydrogens (tertiary/aromatic N) is 2. The Balaban J connectivity index is 1.55. The lowest BCUT2D eigenvalue weighted by Crippen LogP contribution is -2.41. The van der Waals surface area contributed by atoms with Gasteiger partial charge in [-0.15, -0.1) is 0 Å². The van der Waals surface area contributed by atoms with Crippen molar-refractivity contribution in [1.82, 2.24) is 20.7 Å². The van der Waals surface area contributed by atoms with E-state index in [0.29, 0.717) is 29.8 Å². The topological polar surface area (TPSA) is 99.2 Å². The first-order chi connectivity index (χ1) is 14.9. The molecule has 2 heterocycles. The maximum absolute atomic E-state index is 14.5. The van der Waals surface area contributed by atoms with Crippen LogP contribution >= 0.6 is 12.2 Å². The van der Waals surface area contributed by atoms with Crippen molar-refractivity contribution in [1.29, 1.82) is 0 Å². The lowest BCUT2D eigenvalue weighted by Gasteiger charge is -2.24. The molecule has 4 rings (SSSR count). The van der Waals surface area contributed by atoms with E-state index >= 15 is 0 Å². The molecule has 1 atom stereocenters. The molecule has 1 unspecified atom stereocenters. The summed E-state index contributed by atoms with van der Waals surface area (Å²) in [5, 5.41) is 12.6. The number of halogens is 1. The lowest BCUT2D eigenvalue weighted by atomic mass is 9.96. The molecule has 1 aliphatic carbocycles. The zero-order chi connectivity index (χ0) is 22.0. The molecule has 0 amide bonds. The van der Waals surface area contributed by atoms with Crippen LogP contribution in [0.25, 0.3) is 0 Å². The molecule has 1 aromatic carbocycles. The maximum Gasteiger partial charge on any atom is 0.337 e. The molecule has 0 saturated carbocycles. The predicted octanol–water partition coefficient (Wildman–Crippen LogP) is 3.30. The molecular formula is C22H20FN5O2S. The third kappa shape index (κ3) is 4.31. The predicted molar refractivity (Wildman–Crippen MR) is 118 cm³/mol. The number of rotatable bonds is 4. The Morgan fingerprint density at radius 2 is 2.06 bits per heavy atom. The minimum Gasteiger partial charge on any atom is -0.478 e. The zero-order valence-electron chi connectivity index (χ0n) is 16.6. The van der Waals surface area contributed by atoms with Gasteiger partial charge in [-0.2, -0.15) is 0 Å². The quantitative estimate of drug-likeness (QED) is 0.365. The van der Waals surface area contributed by atoms with E-state index in [9.17, 15) is 9.18 Å². The van der Waals surface area contributed by atoms with E-state index < -0.39 is 5.97 Å². The molecule has 4 N–H and O–H groups in total. The van der Waals surface area contributed by atoms with Crippen LogP contribution in [0.2, 0.25) is 0 Å². The SMILES string of the molecule is Cc1cc(C(=O)O)cnc1NNC(=S)NC1c2cnccc2CCc2c(F)cccc21. The maximum atomic E-state index is 14.5.